The van der Waals surface area contributed by atoms with Gasteiger partial charge in [-0.1, -0.05) is 24.3 Å². The zero-order chi connectivity index (χ0) is 20.7. The third-order valence-electron chi connectivity index (χ3n) is 6.55. The van der Waals surface area contributed by atoms with Crippen LogP contribution in [0.3, 0.4) is 0 Å². The molecule has 2 aliphatic heterocycles. The lowest BCUT2D eigenvalue weighted by molar-refractivity contribution is 0.0303. The number of likely N-dealkylation sites (tertiary alicyclic amines) is 1. The lowest BCUT2D eigenvalue weighted by atomic mass is 9.86. The maximum absolute atomic E-state index is 12.1. The van der Waals surface area contributed by atoms with E-state index >= 15 is 0 Å². The first-order valence-electron chi connectivity index (χ1n) is 10.8. The number of nitrogens with one attached hydrogen (secondary N) is 1. The first kappa shape index (κ1) is 18.9. The van der Waals surface area contributed by atoms with Gasteiger partial charge in [-0.25, -0.2) is 4.79 Å². The molecule has 0 radical (unpaired) electrons. The second-order valence-electron chi connectivity index (χ2n) is 8.42. The van der Waals surface area contributed by atoms with Crippen molar-refractivity contribution in [1.82, 2.24) is 15.2 Å². The minimum Gasteiger partial charge on any atom is -0.487 e. The third kappa shape index (κ3) is 3.18. The van der Waals surface area contributed by atoms with Crippen molar-refractivity contribution in [3.05, 3.63) is 59.8 Å². The summed E-state index contributed by atoms with van der Waals surface area (Å²) in [5, 5.41) is 4.09. The second-order valence-corrected chi connectivity index (χ2v) is 8.42. The lowest BCUT2D eigenvalue weighted by Gasteiger charge is -2.38. The fraction of sp³-hybridized carbons (Fsp3) is 0.360. The van der Waals surface area contributed by atoms with Crippen molar-refractivity contribution in [1.29, 1.82) is 0 Å². The lowest BCUT2D eigenvalue weighted by Crippen LogP contribution is -2.51. The molecule has 5 heteroatoms. The predicted molar refractivity (Wildman–Crippen MR) is 119 cm³/mol. The van der Waals surface area contributed by atoms with E-state index in [1.165, 1.54) is 27.6 Å². The average molecular weight is 402 g/mol. The number of nitrogens with zero attached hydrogens (tertiary/aromatic N) is 2. The van der Waals surface area contributed by atoms with Gasteiger partial charge in [-0.15, -0.1) is 0 Å². The monoisotopic (exact) mass is 401 g/mol. The molecule has 1 N–H and O–H groups in total. The summed E-state index contributed by atoms with van der Waals surface area (Å²) in [6.45, 7) is 6.25. The van der Waals surface area contributed by atoms with E-state index in [0.717, 1.165) is 43.6 Å². The molecule has 3 aromatic rings. The molecular weight excluding hydrogens is 374 g/mol. The van der Waals surface area contributed by atoms with E-state index in [1.54, 1.807) is 0 Å². The predicted octanol–water partition coefficient (Wildman–Crippen LogP) is 4.71. The van der Waals surface area contributed by atoms with Crippen LogP contribution in [0.1, 0.15) is 30.9 Å². The number of hydrogen-bond donors (Lipinski definition) is 1. The van der Waals surface area contributed by atoms with Crippen molar-refractivity contribution < 1.29 is 9.53 Å². The molecule has 2 aliphatic rings. The molecule has 30 heavy (non-hydrogen) atoms. The second kappa shape index (κ2) is 7.31. The summed E-state index contributed by atoms with van der Waals surface area (Å²) in [6, 6.07) is 14.8. The molecule has 0 aliphatic carbocycles. The van der Waals surface area contributed by atoms with Crippen molar-refractivity contribution in [2.45, 2.75) is 38.7 Å². The highest BCUT2D eigenvalue weighted by atomic mass is 16.5. The maximum Gasteiger partial charge on any atom is 0.317 e. The van der Waals surface area contributed by atoms with Crippen LogP contribution in [0.25, 0.3) is 22.0 Å². The summed E-state index contributed by atoms with van der Waals surface area (Å²) < 4.78 is 6.44. The summed E-state index contributed by atoms with van der Waals surface area (Å²) in [5.74, 6) is 0.983. The van der Waals surface area contributed by atoms with Crippen LogP contribution < -0.4 is 10.1 Å². The molecule has 1 fully saturated rings. The van der Waals surface area contributed by atoms with Gasteiger partial charge in [0.15, 0.2) is 0 Å². The molecule has 1 saturated heterocycles. The largest absolute Gasteiger partial charge is 0.487 e. The number of carbonyl (C=O) groups excluding carboxylic acids is 1. The number of urea groups is 1. The molecule has 0 bridgehead atoms. The van der Waals surface area contributed by atoms with Gasteiger partial charge in [-0.05, 0) is 48.7 Å². The number of hydrogen-bond acceptors (Lipinski definition) is 3. The Labute approximate surface area is 177 Å². The van der Waals surface area contributed by atoms with E-state index in [2.05, 4.69) is 53.6 Å². The van der Waals surface area contributed by atoms with Crippen molar-refractivity contribution in [3.8, 4) is 16.9 Å². The first-order chi connectivity index (χ1) is 14.6. The molecule has 3 heterocycles. The van der Waals surface area contributed by atoms with Gasteiger partial charge in [0.05, 0.1) is 5.52 Å². The number of aromatic nitrogens is 1. The van der Waals surface area contributed by atoms with Crippen LogP contribution in [-0.4, -0.2) is 41.2 Å². The zero-order valence-corrected chi connectivity index (χ0v) is 17.6. The van der Waals surface area contributed by atoms with Crippen molar-refractivity contribution in [3.63, 3.8) is 0 Å². The topological polar surface area (TPSA) is 54.5 Å². The number of benzene rings is 2. The molecule has 2 amide bonds. The SMILES string of the molecule is CCNC(=O)N1CCC2(CC1)Cc1cc(-c3cnc4ccccc4c3C)ccc1O2. The van der Waals surface area contributed by atoms with E-state index in [4.69, 9.17) is 4.74 Å². The van der Waals surface area contributed by atoms with E-state index in [1.807, 2.05) is 24.1 Å². The Balaban J connectivity index is 1.38. The number of aryl methyl sites for hydroxylation is 1. The van der Waals surface area contributed by atoms with E-state index < -0.39 is 0 Å². The number of para-hydroxylation sites is 1. The van der Waals surface area contributed by atoms with Gasteiger partial charge in [0.25, 0.3) is 0 Å². The highest BCUT2D eigenvalue weighted by Crippen LogP contribution is 2.43. The molecule has 5 rings (SSSR count). The third-order valence-corrected chi connectivity index (χ3v) is 6.55. The van der Waals surface area contributed by atoms with Crippen molar-refractivity contribution >= 4 is 16.9 Å². The fourth-order valence-electron chi connectivity index (χ4n) is 4.83. The Morgan fingerprint density at radius 3 is 2.80 bits per heavy atom. The zero-order valence-electron chi connectivity index (χ0n) is 17.6. The number of rotatable bonds is 2. The average Bonchev–Trinajstić information content (AvgIpc) is 3.11. The van der Waals surface area contributed by atoms with E-state index in [9.17, 15) is 4.79 Å². The van der Waals surface area contributed by atoms with Gasteiger partial charge in [0, 0.05) is 56.0 Å². The van der Waals surface area contributed by atoms with Crippen molar-refractivity contribution in [2.24, 2.45) is 0 Å². The number of fused-ring (bicyclic) bond motifs is 2. The van der Waals surface area contributed by atoms with Gasteiger partial charge in [-0.3, -0.25) is 4.98 Å². The molecule has 1 spiro atoms. The summed E-state index contributed by atoms with van der Waals surface area (Å²) in [6.07, 6.45) is 4.62. The smallest absolute Gasteiger partial charge is 0.317 e. The Bertz CT molecular complexity index is 1120. The minimum absolute atomic E-state index is 0.0319. The fourth-order valence-corrected chi connectivity index (χ4v) is 4.83. The van der Waals surface area contributed by atoms with Gasteiger partial charge in [-0.2, -0.15) is 0 Å². The Morgan fingerprint density at radius 2 is 2.00 bits per heavy atom. The number of amides is 2. The van der Waals surface area contributed by atoms with Gasteiger partial charge < -0.3 is 15.0 Å². The highest BCUT2D eigenvalue weighted by molar-refractivity contribution is 5.88. The highest BCUT2D eigenvalue weighted by Gasteiger charge is 2.42. The standard InChI is InChI=1S/C25H27N3O2/c1-3-26-24(29)28-12-10-25(11-13-28)15-19-14-18(8-9-23(19)30-25)21-16-27-22-7-5-4-6-20(22)17(21)2/h4-9,14,16H,3,10-13,15H2,1-2H3,(H,26,29). The van der Waals surface area contributed by atoms with E-state index in [-0.39, 0.29) is 11.6 Å². The summed E-state index contributed by atoms with van der Waals surface area (Å²) in [7, 11) is 0. The van der Waals surface area contributed by atoms with Crippen LogP contribution in [0.5, 0.6) is 5.75 Å². The summed E-state index contributed by atoms with van der Waals surface area (Å²) in [5.41, 5.74) is 5.71. The Kier molecular flexibility index (Phi) is 4.61. The van der Waals surface area contributed by atoms with Gasteiger partial charge in [0.1, 0.15) is 11.4 Å². The quantitative estimate of drug-likeness (QED) is 0.677. The van der Waals surface area contributed by atoms with Gasteiger partial charge >= 0.3 is 6.03 Å². The number of piperidine rings is 1. The molecule has 1 aromatic heterocycles. The summed E-state index contributed by atoms with van der Waals surface area (Å²) in [4.78, 5) is 18.7. The molecule has 0 atom stereocenters. The van der Waals surface area contributed by atoms with Crippen LogP contribution in [0.2, 0.25) is 0 Å². The normalized spacial score (nSPS) is 17.1. The summed E-state index contributed by atoms with van der Waals surface area (Å²) >= 11 is 0. The first-order valence-corrected chi connectivity index (χ1v) is 10.8. The minimum atomic E-state index is -0.180. The number of pyridine rings is 1. The van der Waals surface area contributed by atoms with Crippen LogP contribution >= 0.6 is 0 Å². The molecule has 5 nitrogen and oxygen atoms in total. The van der Waals surface area contributed by atoms with Crippen LogP contribution in [0.15, 0.2) is 48.7 Å². The molecular formula is C25H27N3O2. The Hall–Kier alpha value is -3.08. The van der Waals surface area contributed by atoms with Crippen LogP contribution in [0, 0.1) is 6.92 Å². The molecule has 2 aromatic carbocycles. The number of carbonyl (C=O) groups is 1. The van der Waals surface area contributed by atoms with Crippen molar-refractivity contribution in [2.75, 3.05) is 19.6 Å². The molecule has 154 valence electrons. The van der Waals surface area contributed by atoms with Crippen LogP contribution in [0.4, 0.5) is 4.79 Å². The number of ether oxygens (including phenoxy) is 1. The maximum atomic E-state index is 12.1. The Morgan fingerprint density at radius 1 is 1.20 bits per heavy atom. The van der Waals surface area contributed by atoms with E-state index in [0.29, 0.717) is 6.54 Å². The van der Waals surface area contributed by atoms with Gasteiger partial charge in [0.2, 0.25) is 0 Å². The van der Waals surface area contributed by atoms with Crippen LogP contribution in [-0.2, 0) is 6.42 Å². The molecule has 0 saturated carbocycles. The molecule has 0 unspecified atom stereocenters.